The smallest absolute Gasteiger partial charge is 0.197 e. The number of ketones is 1. The Kier molecular flexibility index (Phi) is 3.32. The van der Waals surface area contributed by atoms with Crippen LogP contribution in [0.25, 0.3) is 0 Å². The molecule has 3 nitrogen and oxygen atoms in total. The van der Waals surface area contributed by atoms with Gasteiger partial charge < -0.3 is 4.74 Å². The number of ether oxygens (including phenoxy) is 1. The zero-order valence-electron chi connectivity index (χ0n) is 9.48. The molecule has 0 atom stereocenters. The minimum absolute atomic E-state index is 0.180. The van der Waals surface area contributed by atoms with Gasteiger partial charge in [-0.15, -0.1) is 0 Å². The highest BCUT2D eigenvalue weighted by Crippen LogP contribution is 2.17. The molecule has 0 aliphatic rings. The first kappa shape index (κ1) is 12.2. The van der Waals surface area contributed by atoms with Gasteiger partial charge >= 0.3 is 0 Å². The van der Waals surface area contributed by atoms with Crippen molar-refractivity contribution in [3.8, 4) is 5.75 Å². The third-order valence-corrected chi connectivity index (χ3v) is 2.39. The molecule has 92 valence electrons. The third-order valence-electron chi connectivity index (χ3n) is 2.39. The fourth-order valence-electron chi connectivity index (χ4n) is 1.48. The number of aromatic nitrogens is 1. The molecule has 0 radical (unpaired) electrons. The Hall–Kier alpha value is -2.30. The van der Waals surface area contributed by atoms with Crippen molar-refractivity contribution in [3.05, 3.63) is 59.4 Å². The van der Waals surface area contributed by atoms with Crippen LogP contribution in [0.15, 0.2) is 36.7 Å². The molecule has 18 heavy (non-hydrogen) atoms. The summed E-state index contributed by atoms with van der Waals surface area (Å²) in [6.45, 7) is 0. The van der Waals surface area contributed by atoms with Gasteiger partial charge in [0.05, 0.1) is 18.9 Å². The lowest BCUT2D eigenvalue weighted by Gasteiger charge is -2.04. The molecule has 0 amide bonds. The van der Waals surface area contributed by atoms with E-state index in [4.69, 9.17) is 4.74 Å². The van der Waals surface area contributed by atoms with E-state index < -0.39 is 17.4 Å². The van der Waals surface area contributed by atoms with Crippen LogP contribution in [0.3, 0.4) is 0 Å². The van der Waals surface area contributed by atoms with Gasteiger partial charge in [-0.1, -0.05) is 0 Å². The Labute approximate surface area is 102 Å². The Morgan fingerprint density at radius 1 is 1.22 bits per heavy atom. The maximum atomic E-state index is 13.5. The van der Waals surface area contributed by atoms with Crippen LogP contribution < -0.4 is 4.74 Å². The average molecular weight is 249 g/mol. The van der Waals surface area contributed by atoms with Crippen LogP contribution in [0, 0.1) is 11.6 Å². The summed E-state index contributed by atoms with van der Waals surface area (Å²) in [4.78, 5) is 15.8. The lowest BCUT2D eigenvalue weighted by Crippen LogP contribution is -2.05. The molecule has 0 spiro atoms. The predicted molar refractivity (Wildman–Crippen MR) is 60.6 cm³/mol. The topological polar surface area (TPSA) is 39.2 Å². The summed E-state index contributed by atoms with van der Waals surface area (Å²) in [7, 11) is 1.43. The quantitative estimate of drug-likeness (QED) is 0.785. The lowest BCUT2D eigenvalue weighted by atomic mass is 10.0. The van der Waals surface area contributed by atoms with Crippen LogP contribution in [0.4, 0.5) is 8.78 Å². The monoisotopic (exact) mass is 249 g/mol. The summed E-state index contributed by atoms with van der Waals surface area (Å²) in [5.41, 5.74) is -0.0219. The molecule has 0 aliphatic heterocycles. The van der Waals surface area contributed by atoms with Crippen LogP contribution in [0.1, 0.15) is 15.9 Å². The van der Waals surface area contributed by atoms with E-state index in [9.17, 15) is 13.6 Å². The van der Waals surface area contributed by atoms with Crippen LogP contribution in [0.5, 0.6) is 5.75 Å². The molecule has 0 saturated heterocycles. The van der Waals surface area contributed by atoms with E-state index in [0.717, 1.165) is 12.1 Å². The molecule has 0 N–H and O–H groups in total. The van der Waals surface area contributed by atoms with Gasteiger partial charge in [0.25, 0.3) is 0 Å². The van der Waals surface area contributed by atoms with Crippen molar-refractivity contribution in [2.45, 2.75) is 0 Å². The van der Waals surface area contributed by atoms with Crippen LogP contribution in [-0.4, -0.2) is 17.9 Å². The molecule has 1 aromatic heterocycles. The van der Waals surface area contributed by atoms with Gasteiger partial charge in [0.2, 0.25) is 0 Å². The van der Waals surface area contributed by atoms with E-state index >= 15 is 0 Å². The van der Waals surface area contributed by atoms with Gasteiger partial charge in [-0.3, -0.25) is 9.78 Å². The number of halogens is 2. The van der Waals surface area contributed by atoms with Crippen molar-refractivity contribution >= 4 is 5.78 Å². The zero-order valence-corrected chi connectivity index (χ0v) is 9.48. The summed E-state index contributed by atoms with van der Waals surface area (Å²) in [6.07, 6.45) is 2.73. The number of methoxy groups -OCH3 is 1. The first-order valence-electron chi connectivity index (χ1n) is 5.10. The van der Waals surface area contributed by atoms with E-state index in [0.29, 0.717) is 11.8 Å². The molecule has 2 rings (SSSR count). The Morgan fingerprint density at radius 2 is 2.00 bits per heavy atom. The maximum absolute atomic E-state index is 13.5. The number of carbonyl (C=O) groups excluding carboxylic acids is 1. The Morgan fingerprint density at radius 3 is 2.67 bits per heavy atom. The molecule has 0 fully saturated rings. The van der Waals surface area contributed by atoms with Crippen molar-refractivity contribution in [1.29, 1.82) is 0 Å². The van der Waals surface area contributed by atoms with Gasteiger partial charge in [-0.05, 0) is 18.2 Å². The first-order chi connectivity index (χ1) is 8.61. The highest BCUT2D eigenvalue weighted by molar-refractivity contribution is 6.09. The fraction of sp³-hybridized carbons (Fsp3) is 0.0769. The normalized spacial score (nSPS) is 10.2. The van der Waals surface area contributed by atoms with Crippen molar-refractivity contribution in [1.82, 2.24) is 4.98 Å². The standard InChI is InChI=1S/C13H9F2NO2/c1-18-10-4-8(6-16-7-10)13(17)11-3-2-9(14)5-12(11)15/h2-7H,1H3. The second-order valence-electron chi connectivity index (χ2n) is 3.57. The summed E-state index contributed by atoms with van der Waals surface area (Å²) in [5, 5.41) is 0. The highest BCUT2D eigenvalue weighted by Gasteiger charge is 2.15. The van der Waals surface area contributed by atoms with E-state index in [-0.39, 0.29) is 11.1 Å². The van der Waals surface area contributed by atoms with Crippen LogP contribution in [-0.2, 0) is 0 Å². The summed E-state index contributed by atoms with van der Waals surface area (Å²) >= 11 is 0. The van der Waals surface area contributed by atoms with Gasteiger partial charge in [0.15, 0.2) is 5.78 Å². The van der Waals surface area contributed by atoms with Crippen molar-refractivity contribution < 1.29 is 18.3 Å². The highest BCUT2D eigenvalue weighted by atomic mass is 19.1. The number of benzene rings is 1. The molecule has 5 heteroatoms. The lowest BCUT2D eigenvalue weighted by molar-refractivity contribution is 0.103. The molecular formula is C13H9F2NO2. The van der Waals surface area contributed by atoms with Crippen molar-refractivity contribution in [2.75, 3.05) is 7.11 Å². The fourth-order valence-corrected chi connectivity index (χ4v) is 1.48. The van der Waals surface area contributed by atoms with Gasteiger partial charge in [-0.2, -0.15) is 0 Å². The number of carbonyl (C=O) groups is 1. The minimum atomic E-state index is -0.900. The minimum Gasteiger partial charge on any atom is -0.495 e. The molecule has 2 aromatic rings. The largest absolute Gasteiger partial charge is 0.495 e. The van der Waals surface area contributed by atoms with Gasteiger partial charge in [-0.25, -0.2) is 8.78 Å². The summed E-state index contributed by atoms with van der Waals surface area (Å²) in [6, 6.07) is 4.25. The predicted octanol–water partition coefficient (Wildman–Crippen LogP) is 2.60. The maximum Gasteiger partial charge on any atom is 0.197 e. The number of hydrogen-bond acceptors (Lipinski definition) is 3. The molecule has 1 heterocycles. The molecule has 0 unspecified atom stereocenters. The van der Waals surface area contributed by atoms with E-state index in [2.05, 4.69) is 4.98 Å². The second-order valence-corrected chi connectivity index (χ2v) is 3.57. The Balaban J connectivity index is 2.41. The Bertz CT molecular complexity index is 599. The van der Waals surface area contributed by atoms with Crippen LogP contribution in [0.2, 0.25) is 0 Å². The molecule has 0 aliphatic carbocycles. The molecule has 0 saturated carbocycles. The van der Waals surface area contributed by atoms with Crippen molar-refractivity contribution in [2.24, 2.45) is 0 Å². The number of pyridine rings is 1. The molecular weight excluding hydrogens is 240 g/mol. The first-order valence-corrected chi connectivity index (χ1v) is 5.10. The van der Waals surface area contributed by atoms with Gasteiger partial charge in [0.1, 0.15) is 17.4 Å². The van der Waals surface area contributed by atoms with E-state index in [1.807, 2.05) is 0 Å². The molecule has 0 bridgehead atoms. The number of nitrogens with zero attached hydrogens (tertiary/aromatic N) is 1. The SMILES string of the molecule is COc1cncc(C(=O)c2ccc(F)cc2F)c1. The van der Waals surface area contributed by atoms with Gasteiger partial charge in [0, 0.05) is 17.8 Å². The van der Waals surface area contributed by atoms with E-state index in [1.165, 1.54) is 25.6 Å². The zero-order chi connectivity index (χ0) is 13.1. The third kappa shape index (κ3) is 2.34. The van der Waals surface area contributed by atoms with E-state index in [1.54, 1.807) is 0 Å². The molecule has 1 aromatic carbocycles. The summed E-state index contributed by atoms with van der Waals surface area (Å²) < 4.78 is 31.1. The summed E-state index contributed by atoms with van der Waals surface area (Å²) in [5.74, 6) is -1.81. The number of rotatable bonds is 3. The average Bonchev–Trinajstić information content (AvgIpc) is 2.38. The van der Waals surface area contributed by atoms with Crippen LogP contribution >= 0.6 is 0 Å². The van der Waals surface area contributed by atoms with Crippen molar-refractivity contribution in [3.63, 3.8) is 0 Å². The second kappa shape index (κ2) is 4.91. The number of hydrogen-bond donors (Lipinski definition) is 0.